The summed E-state index contributed by atoms with van der Waals surface area (Å²) < 4.78 is 12.1. The van der Waals surface area contributed by atoms with E-state index < -0.39 is 5.76 Å². The summed E-state index contributed by atoms with van der Waals surface area (Å²) in [5.41, 5.74) is 4.79. The first-order valence-electron chi connectivity index (χ1n) is 11.0. The van der Waals surface area contributed by atoms with Crippen molar-refractivity contribution in [3.8, 4) is 39.9 Å². The third kappa shape index (κ3) is 4.19. The molecule has 9 nitrogen and oxygen atoms in total. The smallest absolute Gasteiger partial charge is 0.378 e. The van der Waals surface area contributed by atoms with E-state index in [2.05, 4.69) is 15.3 Å². The fraction of sp³-hybridized carbons (Fsp3) is 0.154. The van der Waals surface area contributed by atoms with Gasteiger partial charge in [-0.05, 0) is 60.7 Å². The summed E-state index contributed by atoms with van der Waals surface area (Å²) in [6.45, 7) is 0. The Bertz CT molecular complexity index is 1510. The number of nitrogens with zero attached hydrogens (tertiary/aromatic N) is 6. The molecular weight excluding hydrogens is 444 g/mol. The number of hydrogen-bond donors (Lipinski definition) is 0. The summed E-state index contributed by atoms with van der Waals surface area (Å²) in [5, 5.41) is 8.20. The van der Waals surface area contributed by atoms with E-state index in [1.165, 1.54) is 4.57 Å². The summed E-state index contributed by atoms with van der Waals surface area (Å²) in [4.78, 5) is 21.4. The molecule has 0 fully saturated rings. The van der Waals surface area contributed by atoms with Crippen molar-refractivity contribution in [2.45, 2.75) is 0 Å². The topological polar surface area (TPSA) is 93.4 Å². The largest absolute Gasteiger partial charge is 0.446 e. The highest BCUT2D eigenvalue weighted by Gasteiger charge is 2.21. The van der Waals surface area contributed by atoms with E-state index in [9.17, 15) is 4.79 Å². The Labute approximate surface area is 201 Å². The third-order valence-corrected chi connectivity index (χ3v) is 5.69. The molecule has 0 spiro atoms. The first-order chi connectivity index (χ1) is 16.9. The molecule has 0 radical (unpaired) electrons. The molecule has 0 bridgehead atoms. The Kier molecular flexibility index (Phi) is 5.66. The van der Waals surface area contributed by atoms with Crippen LogP contribution < -0.4 is 15.6 Å². The van der Waals surface area contributed by atoms with Crippen LogP contribution in [0.25, 0.3) is 39.9 Å². The van der Waals surface area contributed by atoms with Crippen LogP contribution in [0.2, 0.25) is 0 Å². The average molecular weight is 469 g/mol. The predicted octanol–water partition coefficient (Wildman–Crippen LogP) is 4.34. The van der Waals surface area contributed by atoms with Gasteiger partial charge >= 0.3 is 5.76 Å². The van der Waals surface area contributed by atoms with Gasteiger partial charge in [-0.15, -0.1) is 0 Å². The second-order valence-electron chi connectivity index (χ2n) is 8.43. The second-order valence-corrected chi connectivity index (χ2v) is 8.43. The maximum absolute atomic E-state index is 12.7. The molecule has 0 atom stereocenters. The minimum absolute atomic E-state index is 0.286. The molecule has 0 amide bonds. The zero-order valence-corrected chi connectivity index (χ0v) is 19.8. The normalized spacial score (nSPS) is 11.0. The molecular formula is C26H24N6O3. The maximum Gasteiger partial charge on any atom is 0.446 e. The highest BCUT2D eigenvalue weighted by Crippen LogP contribution is 2.30. The lowest BCUT2D eigenvalue weighted by atomic mass is 10.1. The van der Waals surface area contributed by atoms with Gasteiger partial charge in [0, 0.05) is 50.7 Å². The zero-order valence-electron chi connectivity index (χ0n) is 19.8. The molecule has 0 aliphatic carbocycles. The van der Waals surface area contributed by atoms with Crippen molar-refractivity contribution in [1.29, 1.82) is 0 Å². The van der Waals surface area contributed by atoms with E-state index in [-0.39, 0.29) is 5.89 Å². The van der Waals surface area contributed by atoms with Crippen LogP contribution in [-0.2, 0) is 0 Å². The van der Waals surface area contributed by atoms with Crippen molar-refractivity contribution < 1.29 is 9.05 Å². The zero-order chi connectivity index (χ0) is 24.5. The fourth-order valence-corrected chi connectivity index (χ4v) is 3.76. The minimum atomic E-state index is -0.608. The summed E-state index contributed by atoms with van der Waals surface area (Å²) in [7, 11) is 7.89. The molecule has 5 rings (SSSR count). The summed E-state index contributed by atoms with van der Waals surface area (Å²) in [6, 6.07) is 22.9. The standard InChI is InChI=1S/C26H24N6O3/c1-30(2)19-13-9-17(10-14-19)23-27-25(34-28-23)21-7-5-6-8-22(21)32-24(29-35-26(32)33)18-11-15-20(16-12-18)31(3)4/h5-16H,1-4H3. The number of aromatic nitrogens is 4. The van der Waals surface area contributed by atoms with Gasteiger partial charge in [-0.2, -0.15) is 4.98 Å². The van der Waals surface area contributed by atoms with E-state index in [4.69, 9.17) is 9.05 Å². The molecule has 0 saturated carbocycles. The van der Waals surface area contributed by atoms with Crippen LogP contribution in [0.3, 0.4) is 0 Å². The van der Waals surface area contributed by atoms with Crippen LogP contribution >= 0.6 is 0 Å². The summed E-state index contributed by atoms with van der Waals surface area (Å²) in [5.74, 6) is 0.515. The molecule has 0 saturated heterocycles. The van der Waals surface area contributed by atoms with E-state index in [0.717, 1.165) is 22.5 Å². The molecule has 0 aliphatic rings. The molecule has 3 aromatic carbocycles. The molecule has 0 N–H and O–H groups in total. The summed E-state index contributed by atoms with van der Waals surface area (Å²) in [6.07, 6.45) is 0. The molecule has 176 valence electrons. The highest BCUT2D eigenvalue weighted by molar-refractivity contribution is 5.71. The number of anilines is 2. The lowest BCUT2D eigenvalue weighted by Crippen LogP contribution is -2.14. The van der Waals surface area contributed by atoms with Crippen molar-refractivity contribution >= 4 is 11.4 Å². The van der Waals surface area contributed by atoms with E-state index in [0.29, 0.717) is 22.9 Å². The summed E-state index contributed by atoms with van der Waals surface area (Å²) >= 11 is 0. The van der Waals surface area contributed by atoms with Gasteiger partial charge in [0.05, 0.1) is 11.3 Å². The maximum atomic E-state index is 12.7. The molecule has 0 aliphatic heterocycles. The van der Waals surface area contributed by atoms with Crippen LogP contribution in [0.4, 0.5) is 11.4 Å². The van der Waals surface area contributed by atoms with Gasteiger partial charge in [-0.25, -0.2) is 9.36 Å². The Hall–Kier alpha value is -4.66. The Balaban J connectivity index is 1.55. The average Bonchev–Trinajstić information content (AvgIpc) is 3.51. The van der Waals surface area contributed by atoms with Crippen molar-refractivity contribution in [2.75, 3.05) is 38.0 Å². The van der Waals surface area contributed by atoms with Gasteiger partial charge < -0.3 is 14.3 Å². The quantitative estimate of drug-likeness (QED) is 0.363. The Morgan fingerprint density at radius 2 is 1.31 bits per heavy atom. The van der Waals surface area contributed by atoms with Crippen LogP contribution in [0.15, 0.2) is 86.6 Å². The molecule has 35 heavy (non-hydrogen) atoms. The molecule has 2 heterocycles. The second kappa shape index (κ2) is 8.94. The first-order valence-corrected chi connectivity index (χ1v) is 11.0. The molecule has 5 aromatic rings. The van der Waals surface area contributed by atoms with Crippen molar-refractivity contribution in [3.63, 3.8) is 0 Å². The number of para-hydroxylation sites is 1. The van der Waals surface area contributed by atoms with Gasteiger partial charge in [-0.1, -0.05) is 22.4 Å². The van der Waals surface area contributed by atoms with Crippen molar-refractivity contribution in [3.05, 3.63) is 83.3 Å². The lowest BCUT2D eigenvalue weighted by Gasteiger charge is -2.13. The number of hydrogen-bond acceptors (Lipinski definition) is 8. The molecule has 2 aromatic heterocycles. The predicted molar refractivity (Wildman–Crippen MR) is 135 cm³/mol. The van der Waals surface area contributed by atoms with Crippen molar-refractivity contribution in [2.24, 2.45) is 0 Å². The van der Waals surface area contributed by atoms with Crippen LogP contribution in [0.5, 0.6) is 0 Å². The SMILES string of the molecule is CN(C)c1ccc(-c2noc(-c3ccccc3-n3c(-c4ccc(N(C)C)cc4)noc3=O)n2)cc1. The van der Waals surface area contributed by atoms with Gasteiger partial charge in [0.25, 0.3) is 5.89 Å². The molecule has 9 heteroatoms. The number of rotatable bonds is 6. The van der Waals surface area contributed by atoms with E-state index in [1.807, 2.05) is 105 Å². The van der Waals surface area contributed by atoms with Crippen LogP contribution in [-0.4, -0.2) is 48.1 Å². The highest BCUT2D eigenvalue weighted by atomic mass is 16.5. The lowest BCUT2D eigenvalue weighted by molar-refractivity contribution is 0.383. The monoisotopic (exact) mass is 468 g/mol. The van der Waals surface area contributed by atoms with Crippen LogP contribution in [0.1, 0.15) is 0 Å². The van der Waals surface area contributed by atoms with Crippen LogP contribution in [0, 0.1) is 0 Å². The minimum Gasteiger partial charge on any atom is -0.378 e. The van der Waals surface area contributed by atoms with Gasteiger partial charge in [0.2, 0.25) is 5.82 Å². The number of benzene rings is 3. The Morgan fingerprint density at radius 3 is 1.94 bits per heavy atom. The van der Waals surface area contributed by atoms with Crippen molar-refractivity contribution in [1.82, 2.24) is 19.9 Å². The fourth-order valence-electron chi connectivity index (χ4n) is 3.76. The van der Waals surface area contributed by atoms with E-state index >= 15 is 0 Å². The van der Waals surface area contributed by atoms with E-state index in [1.54, 1.807) is 6.07 Å². The third-order valence-electron chi connectivity index (χ3n) is 5.69. The molecule has 0 unspecified atom stereocenters. The van der Waals surface area contributed by atoms with Gasteiger partial charge in [0.15, 0.2) is 5.82 Å². The Morgan fingerprint density at radius 1 is 0.714 bits per heavy atom. The van der Waals surface area contributed by atoms with Gasteiger partial charge in [-0.3, -0.25) is 4.52 Å². The first kappa shape index (κ1) is 22.1. The van der Waals surface area contributed by atoms with Gasteiger partial charge in [0.1, 0.15) is 0 Å².